The van der Waals surface area contributed by atoms with Crippen LogP contribution in [0.25, 0.3) is 0 Å². The Balaban J connectivity index is 3.74. The summed E-state index contributed by atoms with van der Waals surface area (Å²) >= 11 is 1.73. The lowest BCUT2D eigenvalue weighted by molar-refractivity contribution is -0.122. The van der Waals surface area contributed by atoms with Gasteiger partial charge in [0.15, 0.2) is 5.84 Å². The third-order valence-corrected chi connectivity index (χ3v) is 2.47. The van der Waals surface area contributed by atoms with E-state index in [9.17, 15) is 4.79 Å². The lowest BCUT2D eigenvalue weighted by atomic mass is 10.1. The highest BCUT2D eigenvalue weighted by Crippen LogP contribution is 1.96. The summed E-state index contributed by atoms with van der Waals surface area (Å²) in [5, 5.41) is 13.8. The summed E-state index contributed by atoms with van der Waals surface area (Å²) in [6.45, 7) is 2.22. The second-order valence-corrected chi connectivity index (χ2v) is 3.87. The van der Waals surface area contributed by atoms with E-state index >= 15 is 0 Å². The van der Waals surface area contributed by atoms with Gasteiger partial charge in [0.05, 0.1) is 5.92 Å². The lowest BCUT2D eigenvalue weighted by Gasteiger charge is -2.09. The molecule has 6 heteroatoms. The van der Waals surface area contributed by atoms with E-state index in [1.54, 1.807) is 18.7 Å². The molecule has 0 aliphatic heterocycles. The lowest BCUT2D eigenvalue weighted by Crippen LogP contribution is -2.37. The van der Waals surface area contributed by atoms with Crippen LogP contribution in [0.2, 0.25) is 0 Å². The zero-order valence-corrected chi connectivity index (χ0v) is 9.30. The summed E-state index contributed by atoms with van der Waals surface area (Å²) in [5.74, 6) is 0.168. The maximum absolute atomic E-state index is 11.3. The van der Waals surface area contributed by atoms with Crippen molar-refractivity contribution in [3.63, 3.8) is 0 Å². The SMILES string of the molecule is CSCCCNC(=O)C(C)C(N)=NO. The average molecular weight is 219 g/mol. The smallest absolute Gasteiger partial charge is 0.230 e. The van der Waals surface area contributed by atoms with Crippen LogP contribution in [0.3, 0.4) is 0 Å². The van der Waals surface area contributed by atoms with E-state index in [1.165, 1.54) is 0 Å². The maximum atomic E-state index is 11.3. The largest absolute Gasteiger partial charge is 0.409 e. The molecule has 5 nitrogen and oxygen atoms in total. The Hall–Kier alpha value is -0.910. The van der Waals surface area contributed by atoms with Crippen molar-refractivity contribution in [2.45, 2.75) is 13.3 Å². The van der Waals surface area contributed by atoms with Crippen LogP contribution in [0, 0.1) is 5.92 Å². The molecule has 14 heavy (non-hydrogen) atoms. The molecule has 1 atom stereocenters. The molecule has 1 amide bonds. The van der Waals surface area contributed by atoms with Crippen LogP contribution in [-0.2, 0) is 4.79 Å². The molecule has 0 rings (SSSR count). The number of hydrogen-bond acceptors (Lipinski definition) is 4. The maximum Gasteiger partial charge on any atom is 0.230 e. The van der Waals surface area contributed by atoms with Gasteiger partial charge in [-0.2, -0.15) is 11.8 Å². The Morgan fingerprint density at radius 3 is 2.86 bits per heavy atom. The topological polar surface area (TPSA) is 87.7 Å². The van der Waals surface area contributed by atoms with E-state index in [0.717, 1.165) is 12.2 Å². The van der Waals surface area contributed by atoms with Crippen LogP contribution >= 0.6 is 11.8 Å². The molecule has 0 bridgehead atoms. The second kappa shape index (κ2) is 7.49. The molecule has 0 heterocycles. The Morgan fingerprint density at radius 1 is 1.71 bits per heavy atom. The first-order valence-electron chi connectivity index (χ1n) is 4.37. The number of amidine groups is 1. The van der Waals surface area contributed by atoms with Crippen molar-refractivity contribution in [1.82, 2.24) is 5.32 Å². The number of thioether (sulfide) groups is 1. The highest BCUT2D eigenvalue weighted by molar-refractivity contribution is 7.98. The highest BCUT2D eigenvalue weighted by atomic mass is 32.2. The molecule has 82 valence electrons. The summed E-state index contributed by atoms with van der Waals surface area (Å²) in [7, 11) is 0. The summed E-state index contributed by atoms with van der Waals surface area (Å²) in [5.41, 5.74) is 5.28. The average Bonchev–Trinajstić information content (AvgIpc) is 2.21. The standard InChI is InChI=1S/C8H17N3O2S/c1-6(7(9)11-13)8(12)10-4-3-5-14-2/h6,13H,3-5H2,1-2H3,(H2,9,11)(H,10,12). The molecule has 4 N–H and O–H groups in total. The van der Waals surface area contributed by atoms with Crippen LogP contribution in [-0.4, -0.2) is 35.5 Å². The fourth-order valence-corrected chi connectivity index (χ4v) is 1.24. The monoisotopic (exact) mass is 219 g/mol. The molecule has 0 fully saturated rings. The summed E-state index contributed by atoms with van der Waals surface area (Å²) in [4.78, 5) is 11.3. The van der Waals surface area contributed by atoms with Crippen LogP contribution < -0.4 is 11.1 Å². The fourth-order valence-electron chi connectivity index (χ4n) is 0.802. The molecule has 0 saturated heterocycles. The number of hydrogen-bond donors (Lipinski definition) is 3. The zero-order chi connectivity index (χ0) is 11.0. The van der Waals surface area contributed by atoms with E-state index in [1.807, 2.05) is 6.26 Å². The number of nitrogens with two attached hydrogens (primary N) is 1. The van der Waals surface area contributed by atoms with Crippen molar-refractivity contribution >= 4 is 23.5 Å². The molecular weight excluding hydrogens is 202 g/mol. The van der Waals surface area contributed by atoms with Crippen molar-refractivity contribution in [3.05, 3.63) is 0 Å². The molecule has 0 aromatic rings. The van der Waals surface area contributed by atoms with Gasteiger partial charge in [0.25, 0.3) is 0 Å². The minimum Gasteiger partial charge on any atom is -0.409 e. The van der Waals surface area contributed by atoms with E-state index < -0.39 is 5.92 Å². The minimum atomic E-state index is -0.575. The number of nitrogens with one attached hydrogen (secondary N) is 1. The summed E-state index contributed by atoms with van der Waals surface area (Å²) < 4.78 is 0. The van der Waals surface area contributed by atoms with Crippen molar-refractivity contribution in [1.29, 1.82) is 0 Å². The first-order chi connectivity index (χ1) is 6.63. The highest BCUT2D eigenvalue weighted by Gasteiger charge is 2.16. The van der Waals surface area contributed by atoms with Gasteiger partial charge in [-0.3, -0.25) is 4.79 Å². The first kappa shape index (κ1) is 13.1. The third-order valence-electron chi connectivity index (χ3n) is 1.78. The molecular formula is C8H17N3O2S. The Bertz CT molecular complexity index is 209. The predicted octanol–water partition coefficient (Wildman–Crippen LogP) is 0.238. The van der Waals surface area contributed by atoms with Gasteiger partial charge in [-0.15, -0.1) is 0 Å². The molecule has 0 aromatic heterocycles. The minimum absolute atomic E-state index is 0.0626. The van der Waals surface area contributed by atoms with Crippen LogP contribution in [0.15, 0.2) is 5.16 Å². The number of nitrogens with zero attached hydrogens (tertiary/aromatic N) is 1. The number of oxime groups is 1. The summed E-state index contributed by atoms with van der Waals surface area (Å²) in [6.07, 6.45) is 2.94. The number of rotatable bonds is 6. The normalized spacial score (nSPS) is 13.7. The Morgan fingerprint density at radius 2 is 2.36 bits per heavy atom. The van der Waals surface area contributed by atoms with Gasteiger partial charge in [0, 0.05) is 6.54 Å². The molecule has 0 saturated carbocycles. The summed E-state index contributed by atoms with van der Waals surface area (Å²) in [6, 6.07) is 0. The van der Waals surface area contributed by atoms with Gasteiger partial charge in [-0.05, 0) is 25.4 Å². The van der Waals surface area contributed by atoms with Crippen LogP contribution in [0.5, 0.6) is 0 Å². The fraction of sp³-hybridized carbons (Fsp3) is 0.750. The van der Waals surface area contributed by atoms with E-state index in [-0.39, 0.29) is 11.7 Å². The second-order valence-electron chi connectivity index (χ2n) is 2.88. The van der Waals surface area contributed by atoms with E-state index in [0.29, 0.717) is 6.54 Å². The van der Waals surface area contributed by atoms with Crippen molar-refractivity contribution in [2.24, 2.45) is 16.8 Å². The molecule has 0 aliphatic carbocycles. The van der Waals surface area contributed by atoms with Crippen molar-refractivity contribution < 1.29 is 10.0 Å². The predicted molar refractivity (Wildman–Crippen MR) is 58.6 cm³/mol. The van der Waals surface area contributed by atoms with Gasteiger partial charge in [0.2, 0.25) is 5.91 Å². The zero-order valence-electron chi connectivity index (χ0n) is 8.49. The van der Waals surface area contributed by atoms with Crippen LogP contribution in [0.1, 0.15) is 13.3 Å². The quantitative estimate of drug-likeness (QED) is 0.196. The van der Waals surface area contributed by atoms with Gasteiger partial charge in [-0.1, -0.05) is 5.16 Å². The number of carbonyl (C=O) groups excluding carboxylic acids is 1. The Kier molecular flexibility index (Phi) is 7.00. The van der Waals surface area contributed by atoms with Gasteiger partial charge < -0.3 is 16.3 Å². The van der Waals surface area contributed by atoms with Crippen LogP contribution in [0.4, 0.5) is 0 Å². The van der Waals surface area contributed by atoms with Crippen molar-refractivity contribution in [3.8, 4) is 0 Å². The molecule has 0 spiro atoms. The number of carbonyl (C=O) groups is 1. The van der Waals surface area contributed by atoms with Crippen molar-refractivity contribution in [2.75, 3.05) is 18.6 Å². The Labute approximate surface area is 88.1 Å². The van der Waals surface area contributed by atoms with Gasteiger partial charge >= 0.3 is 0 Å². The molecule has 0 aliphatic rings. The number of amides is 1. The van der Waals surface area contributed by atoms with E-state index in [4.69, 9.17) is 10.9 Å². The van der Waals surface area contributed by atoms with Gasteiger partial charge in [0.1, 0.15) is 0 Å². The third kappa shape index (κ3) is 4.96. The molecule has 0 aromatic carbocycles. The first-order valence-corrected chi connectivity index (χ1v) is 5.77. The van der Waals surface area contributed by atoms with Gasteiger partial charge in [-0.25, -0.2) is 0 Å². The van der Waals surface area contributed by atoms with E-state index in [2.05, 4.69) is 10.5 Å². The molecule has 0 radical (unpaired) electrons. The molecule has 1 unspecified atom stereocenters.